The van der Waals surface area contributed by atoms with Crippen molar-refractivity contribution in [2.24, 2.45) is 5.92 Å². The summed E-state index contributed by atoms with van der Waals surface area (Å²) in [4.78, 5) is 33.9. The fourth-order valence-corrected chi connectivity index (χ4v) is 4.01. The SMILES string of the molecule is COCCN(Cc1csc(-c2ccccc2)n1)c1c(N)n(CC(C)C)c(=O)[nH]c1=O. The molecule has 0 spiro atoms. The van der Waals surface area contributed by atoms with Gasteiger partial charge in [0.2, 0.25) is 0 Å². The third-order valence-corrected chi connectivity index (χ3v) is 5.51. The third kappa shape index (κ3) is 4.98. The Morgan fingerprint density at radius 3 is 2.67 bits per heavy atom. The minimum Gasteiger partial charge on any atom is -0.383 e. The van der Waals surface area contributed by atoms with Crippen molar-refractivity contribution >= 4 is 22.8 Å². The maximum absolute atomic E-state index is 12.7. The van der Waals surface area contributed by atoms with Crippen molar-refractivity contribution in [3.05, 3.63) is 62.2 Å². The van der Waals surface area contributed by atoms with E-state index in [1.807, 2.05) is 54.5 Å². The lowest BCUT2D eigenvalue weighted by molar-refractivity contribution is 0.205. The Labute approximate surface area is 179 Å². The zero-order chi connectivity index (χ0) is 21.7. The van der Waals surface area contributed by atoms with Gasteiger partial charge in [0, 0.05) is 31.1 Å². The first-order valence-electron chi connectivity index (χ1n) is 9.77. The van der Waals surface area contributed by atoms with Gasteiger partial charge in [0.25, 0.3) is 5.56 Å². The summed E-state index contributed by atoms with van der Waals surface area (Å²) in [6.07, 6.45) is 0. The first kappa shape index (κ1) is 21.8. The van der Waals surface area contributed by atoms with Crippen LogP contribution in [-0.2, 0) is 17.8 Å². The van der Waals surface area contributed by atoms with Crippen LogP contribution in [0.1, 0.15) is 19.5 Å². The molecule has 160 valence electrons. The smallest absolute Gasteiger partial charge is 0.330 e. The van der Waals surface area contributed by atoms with Gasteiger partial charge >= 0.3 is 5.69 Å². The molecule has 3 N–H and O–H groups in total. The predicted molar refractivity (Wildman–Crippen MR) is 121 cm³/mol. The van der Waals surface area contributed by atoms with E-state index in [0.717, 1.165) is 16.3 Å². The van der Waals surface area contributed by atoms with E-state index in [0.29, 0.717) is 26.2 Å². The van der Waals surface area contributed by atoms with E-state index >= 15 is 0 Å². The standard InChI is InChI=1S/C21H27N5O3S/c1-14(2)11-26-18(22)17(19(27)24-21(26)28)25(9-10-29-3)12-16-13-30-20(23-16)15-7-5-4-6-8-15/h4-8,13-14H,9-12,22H2,1-3H3,(H,24,27,28). The van der Waals surface area contributed by atoms with Gasteiger partial charge in [0.1, 0.15) is 16.5 Å². The molecule has 30 heavy (non-hydrogen) atoms. The van der Waals surface area contributed by atoms with Crippen LogP contribution in [0.5, 0.6) is 0 Å². The van der Waals surface area contributed by atoms with Gasteiger partial charge < -0.3 is 15.4 Å². The highest BCUT2D eigenvalue weighted by Crippen LogP contribution is 2.25. The Kier molecular flexibility index (Phi) is 7.07. The van der Waals surface area contributed by atoms with E-state index < -0.39 is 11.2 Å². The number of nitrogens with zero attached hydrogens (tertiary/aromatic N) is 3. The van der Waals surface area contributed by atoms with Gasteiger partial charge in [-0.05, 0) is 5.92 Å². The lowest BCUT2D eigenvalue weighted by Crippen LogP contribution is -2.40. The molecule has 0 aliphatic rings. The molecule has 2 aromatic heterocycles. The van der Waals surface area contributed by atoms with E-state index in [2.05, 4.69) is 4.98 Å². The second kappa shape index (κ2) is 9.73. The zero-order valence-electron chi connectivity index (χ0n) is 17.4. The molecule has 9 heteroatoms. The minimum absolute atomic E-state index is 0.159. The van der Waals surface area contributed by atoms with E-state index in [1.165, 1.54) is 4.57 Å². The molecule has 0 aliphatic carbocycles. The van der Waals surface area contributed by atoms with Gasteiger partial charge in [-0.1, -0.05) is 44.2 Å². The van der Waals surface area contributed by atoms with Crippen LogP contribution in [0.3, 0.4) is 0 Å². The Hall–Kier alpha value is -2.91. The second-order valence-electron chi connectivity index (χ2n) is 7.42. The number of nitrogens with one attached hydrogen (secondary N) is 1. The summed E-state index contributed by atoms with van der Waals surface area (Å²) in [5.74, 6) is 0.357. The Bertz CT molecular complexity index is 1090. The van der Waals surface area contributed by atoms with Gasteiger partial charge in [-0.2, -0.15) is 0 Å². The Morgan fingerprint density at radius 1 is 1.27 bits per heavy atom. The quantitative estimate of drug-likeness (QED) is 0.541. The number of anilines is 2. The van der Waals surface area contributed by atoms with Crippen molar-refractivity contribution in [3.8, 4) is 10.6 Å². The molecule has 0 saturated carbocycles. The monoisotopic (exact) mass is 429 g/mol. The minimum atomic E-state index is -0.507. The van der Waals surface area contributed by atoms with Gasteiger partial charge in [-0.3, -0.25) is 14.3 Å². The molecule has 0 bridgehead atoms. The van der Waals surface area contributed by atoms with Crippen LogP contribution >= 0.6 is 11.3 Å². The number of nitrogens with two attached hydrogens (primary N) is 1. The van der Waals surface area contributed by atoms with Crippen molar-refractivity contribution in [1.29, 1.82) is 0 Å². The van der Waals surface area contributed by atoms with Crippen LogP contribution in [0.4, 0.5) is 11.5 Å². The van der Waals surface area contributed by atoms with Crippen molar-refractivity contribution in [1.82, 2.24) is 14.5 Å². The van der Waals surface area contributed by atoms with E-state index in [9.17, 15) is 9.59 Å². The Balaban J connectivity index is 1.96. The van der Waals surface area contributed by atoms with E-state index in [-0.39, 0.29) is 17.4 Å². The first-order chi connectivity index (χ1) is 14.4. The largest absolute Gasteiger partial charge is 0.383 e. The van der Waals surface area contributed by atoms with Crippen molar-refractivity contribution in [2.75, 3.05) is 30.9 Å². The Morgan fingerprint density at radius 2 is 2.00 bits per heavy atom. The maximum atomic E-state index is 12.7. The van der Waals surface area contributed by atoms with Crippen LogP contribution in [0.15, 0.2) is 45.3 Å². The fourth-order valence-electron chi connectivity index (χ4n) is 3.19. The summed E-state index contributed by atoms with van der Waals surface area (Å²) in [7, 11) is 1.60. The summed E-state index contributed by atoms with van der Waals surface area (Å²) < 4.78 is 6.64. The topological polar surface area (TPSA) is 106 Å². The van der Waals surface area contributed by atoms with E-state index in [4.69, 9.17) is 15.5 Å². The summed E-state index contributed by atoms with van der Waals surface area (Å²) in [6, 6.07) is 9.93. The molecule has 0 fully saturated rings. The molecule has 3 aromatic rings. The van der Waals surface area contributed by atoms with Gasteiger partial charge in [-0.25, -0.2) is 9.78 Å². The second-order valence-corrected chi connectivity index (χ2v) is 8.28. The molecule has 0 saturated heterocycles. The maximum Gasteiger partial charge on any atom is 0.330 e. The van der Waals surface area contributed by atoms with Crippen LogP contribution in [0.2, 0.25) is 0 Å². The number of H-pyrrole nitrogens is 1. The third-order valence-electron chi connectivity index (χ3n) is 4.57. The van der Waals surface area contributed by atoms with Crippen LogP contribution < -0.4 is 21.9 Å². The molecule has 0 aliphatic heterocycles. The number of rotatable bonds is 9. The zero-order valence-corrected chi connectivity index (χ0v) is 18.2. The van der Waals surface area contributed by atoms with Crippen LogP contribution in [-0.4, -0.2) is 34.8 Å². The normalized spacial score (nSPS) is 11.2. The predicted octanol–water partition coefficient (Wildman–Crippen LogP) is 2.55. The molecular weight excluding hydrogens is 402 g/mol. The highest BCUT2D eigenvalue weighted by Gasteiger charge is 2.20. The molecule has 0 radical (unpaired) electrons. The van der Waals surface area contributed by atoms with Gasteiger partial charge in [0.15, 0.2) is 0 Å². The molecular formula is C21H27N5O3S. The first-order valence-corrected chi connectivity index (χ1v) is 10.6. The van der Waals surface area contributed by atoms with Crippen molar-refractivity contribution < 1.29 is 4.74 Å². The van der Waals surface area contributed by atoms with Crippen LogP contribution in [0, 0.1) is 5.92 Å². The number of hydrogen-bond donors (Lipinski definition) is 2. The summed E-state index contributed by atoms with van der Waals surface area (Å²) >= 11 is 1.54. The summed E-state index contributed by atoms with van der Waals surface area (Å²) in [6.45, 7) is 5.60. The average Bonchev–Trinajstić information content (AvgIpc) is 3.18. The number of ether oxygens (including phenoxy) is 1. The lowest BCUT2D eigenvalue weighted by atomic mass is 10.2. The van der Waals surface area contributed by atoms with Crippen molar-refractivity contribution in [3.63, 3.8) is 0 Å². The number of nitrogen functional groups attached to an aromatic ring is 1. The average molecular weight is 430 g/mol. The molecule has 3 rings (SSSR count). The molecule has 2 heterocycles. The molecule has 0 atom stereocenters. The number of benzene rings is 1. The number of aromatic amines is 1. The molecule has 0 amide bonds. The number of aromatic nitrogens is 3. The number of hydrogen-bond acceptors (Lipinski definition) is 7. The number of thiazole rings is 1. The summed E-state index contributed by atoms with van der Waals surface area (Å²) in [5, 5.41) is 2.88. The van der Waals surface area contributed by atoms with E-state index in [1.54, 1.807) is 18.4 Å². The number of methoxy groups -OCH3 is 1. The fraction of sp³-hybridized carbons (Fsp3) is 0.381. The highest BCUT2D eigenvalue weighted by molar-refractivity contribution is 7.13. The molecule has 0 unspecified atom stereocenters. The van der Waals surface area contributed by atoms with Crippen molar-refractivity contribution in [2.45, 2.75) is 26.9 Å². The molecule has 8 nitrogen and oxygen atoms in total. The van der Waals surface area contributed by atoms with Crippen LogP contribution in [0.25, 0.3) is 10.6 Å². The molecule has 1 aromatic carbocycles. The lowest BCUT2D eigenvalue weighted by Gasteiger charge is -2.25. The van der Waals surface area contributed by atoms with Gasteiger partial charge in [0.05, 0.1) is 18.8 Å². The van der Waals surface area contributed by atoms with Gasteiger partial charge in [-0.15, -0.1) is 11.3 Å². The highest BCUT2D eigenvalue weighted by atomic mass is 32.1. The summed E-state index contributed by atoms with van der Waals surface area (Å²) in [5.41, 5.74) is 7.41.